The van der Waals surface area contributed by atoms with Gasteiger partial charge in [-0.1, -0.05) is 48.5 Å². The molecule has 0 aliphatic carbocycles. The van der Waals surface area contributed by atoms with Crippen LogP contribution in [0.4, 0.5) is 11.5 Å². The number of rotatable bonds is 7. The molecule has 5 aromatic rings. The number of fused-ring (bicyclic) bond motifs is 1. The number of nitrogens with one attached hydrogen (secondary N) is 2. The van der Waals surface area contributed by atoms with Crippen molar-refractivity contribution in [2.45, 2.75) is 17.9 Å². The molecule has 34 heavy (non-hydrogen) atoms. The molecule has 0 fully saturated rings. The highest BCUT2D eigenvalue weighted by molar-refractivity contribution is 7.92. The van der Waals surface area contributed by atoms with Gasteiger partial charge in [0.2, 0.25) is 0 Å². The number of nitrogens with zero attached hydrogens (tertiary/aromatic N) is 4. The lowest BCUT2D eigenvalue weighted by molar-refractivity contribution is 0.601. The Kier molecular flexibility index (Phi) is 5.69. The van der Waals surface area contributed by atoms with Crippen LogP contribution < -0.4 is 10.0 Å². The highest BCUT2D eigenvalue weighted by Gasteiger charge is 2.15. The molecule has 5 rings (SSSR count). The molecular weight excluding hydrogens is 448 g/mol. The monoisotopic (exact) mass is 470 g/mol. The van der Waals surface area contributed by atoms with Gasteiger partial charge in [-0.05, 0) is 42.8 Å². The molecule has 2 aromatic heterocycles. The average Bonchev–Trinajstić information content (AvgIpc) is 3.28. The lowest BCUT2D eigenvalue weighted by Gasteiger charge is -2.15. The van der Waals surface area contributed by atoms with Crippen LogP contribution in [0, 0.1) is 0 Å². The lowest BCUT2D eigenvalue weighted by Crippen LogP contribution is -2.12. The molecular formula is C25H22N6O2S. The average molecular weight is 471 g/mol. The van der Waals surface area contributed by atoms with Crippen molar-refractivity contribution in [3.8, 4) is 5.82 Å². The third-order valence-electron chi connectivity index (χ3n) is 5.39. The smallest absolute Gasteiger partial charge is 0.261 e. The first-order valence-corrected chi connectivity index (χ1v) is 12.2. The zero-order valence-electron chi connectivity index (χ0n) is 18.3. The number of hydrogen-bond donors (Lipinski definition) is 2. The summed E-state index contributed by atoms with van der Waals surface area (Å²) in [5.41, 5.74) is 2.99. The number of hydrogen-bond acceptors (Lipinski definition) is 6. The second-order valence-electron chi connectivity index (χ2n) is 7.78. The van der Waals surface area contributed by atoms with Crippen molar-refractivity contribution < 1.29 is 8.42 Å². The number of benzene rings is 3. The van der Waals surface area contributed by atoms with E-state index in [0.717, 1.165) is 11.1 Å². The summed E-state index contributed by atoms with van der Waals surface area (Å²) >= 11 is 0. The van der Waals surface area contributed by atoms with Gasteiger partial charge in [0.1, 0.15) is 12.1 Å². The fourth-order valence-corrected chi connectivity index (χ4v) is 4.73. The minimum absolute atomic E-state index is 0.0606. The van der Waals surface area contributed by atoms with Crippen molar-refractivity contribution >= 4 is 32.6 Å². The molecule has 3 aromatic carbocycles. The molecule has 170 valence electrons. The first-order chi connectivity index (χ1) is 16.5. The Labute approximate surface area is 197 Å². The van der Waals surface area contributed by atoms with Crippen molar-refractivity contribution in [1.29, 1.82) is 0 Å². The number of anilines is 2. The third kappa shape index (κ3) is 4.46. The topological polar surface area (TPSA) is 102 Å². The zero-order chi connectivity index (χ0) is 23.5. The molecule has 0 aliphatic rings. The van der Waals surface area contributed by atoms with Crippen LogP contribution in [0.1, 0.15) is 18.5 Å². The summed E-state index contributed by atoms with van der Waals surface area (Å²) in [4.78, 5) is 13.7. The quantitative estimate of drug-likeness (QED) is 0.355. The summed E-state index contributed by atoms with van der Waals surface area (Å²) in [6, 6.07) is 23.6. The van der Waals surface area contributed by atoms with Gasteiger partial charge in [0, 0.05) is 6.04 Å². The largest absolute Gasteiger partial charge is 0.362 e. The Hall–Kier alpha value is -4.24. The summed E-state index contributed by atoms with van der Waals surface area (Å²) in [6.45, 7) is 2.06. The molecule has 0 unspecified atom stereocenters. The Morgan fingerprint density at radius 2 is 1.65 bits per heavy atom. The van der Waals surface area contributed by atoms with Gasteiger partial charge >= 0.3 is 0 Å². The molecule has 8 nitrogen and oxygen atoms in total. The maximum Gasteiger partial charge on any atom is 0.261 e. The van der Waals surface area contributed by atoms with Gasteiger partial charge in [-0.2, -0.15) is 0 Å². The van der Waals surface area contributed by atoms with Crippen molar-refractivity contribution in [3.05, 3.63) is 103 Å². The van der Waals surface area contributed by atoms with E-state index in [0.29, 0.717) is 22.8 Å². The highest BCUT2D eigenvalue weighted by Crippen LogP contribution is 2.24. The Bertz CT molecular complexity index is 1540. The van der Waals surface area contributed by atoms with Gasteiger partial charge in [-0.25, -0.2) is 18.4 Å². The van der Waals surface area contributed by atoms with Gasteiger partial charge in [-0.3, -0.25) is 14.3 Å². The van der Waals surface area contributed by atoms with Crippen LogP contribution in [0.3, 0.4) is 0 Å². The van der Waals surface area contributed by atoms with Crippen molar-refractivity contribution in [3.63, 3.8) is 0 Å². The molecule has 0 aliphatic heterocycles. The van der Waals surface area contributed by atoms with E-state index in [9.17, 15) is 8.42 Å². The highest BCUT2D eigenvalue weighted by atomic mass is 32.2. The summed E-state index contributed by atoms with van der Waals surface area (Å²) in [5, 5.41) is 3.37. The van der Waals surface area contributed by atoms with Crippen LogP contribution in [0.15, 0.2) is 102 Å². The second kappa shape index (κ2) is 8.95. The number of sulfonamides is 1. The summed E-state index contributed by atoms with van der Waals surface area (Å²) < 4.78 is 29.7. The fraction of sp³-hybridized carbons (Fsp3) is 0.0800. The third-order valence-corrected chi connectivity index (χ3v) is 6.78. The van der Waals surface area contributed by atoms with Crippen molar-refractivity contribution in [1.82, 2.24) is 19.5 Å². The van der Waals surface area contributed by atoms with E-state index in [2.05, 4.69) is 39.1 Å². The predicted molar refractivity (Wildman–Crippen MR) is 132 cm³/mol. The van der Waals surface area contributed by atoms with E-state index in [-0.39, 0.29) is 10.9 Å². The molecule has 2 N–H and O–H groups in total. The minimum Gasteiger partial charge on any atom is -0.362 e. The molecule has 0 bridgehead atoms. The maximum atomic E-state index is 12.6. The Balaban J connectivity index is 1.39. The number of imidazole rings is 1. The molecule has 0 amide bonds. The molecule has 0 radical (unpaired) electrons. The SMILES string of the molecule is C[C@H](Nc1cncc(-n2cnc3cc(NS(=O)(=O)c4ccccc4)ccc32)n1)c1ccccc1. The van der Waals surface area contributed by atoms with Crippen LogP contribution in [-0.2, 0) is 10.0 Å². The molecule has 9 heteroatoms. The van der Waals surface area contributed by atoms with Crippen LogP contribution in [0.5, 0.6) is 0 Å². The molecule has 1 atom stereocenters. The molecule has 2 heterocycles. The fourth-order valence-electron chi connectivity index (χ4n) is 3.66. The maximum absolute atomic E-state index is 12.6. The van der Waals surface area contributed by atoms with Gasteiger partial charge in [0.05, 0.1) is 34.0 Å². The van der Waals surface area contributed by atoms with Crippen LogP contribution in [0.25, 0.3) is 16.9 Å². The van der Waals surface area contributed by atoms with Crippen molar-refractivity contribution in [2.24, 2.45) is 0 Å². The van der Waals surface area contributed by atoms with E-state index in [1.807, 2.05) is 22.8 Å². The Morgan fingerprint density at radius 1 is 0.912 bits per heavy atom. The van der Waals surface area contributed by atoms with E-state index < -0.39 is 10.0 Å². The van der Waals surface area contributed by atoms with Gasteiger partial charge in [0.15, 0.2) is 5.82 Å². The summed E-state index contributed by atoms with van der Waals surface area (Å²) in [7, 11) is -3.68. The zero-order valence-corrected chi connectivity index (χ0v) is 19.1. The van der Waals surface area contributed by atoms with E-state index in [1.165, 1.54) is 0 Å². The lowest BCUT2D eigenvalue weighted by atomic mass is 10.1. The second-order valence-corrected chi connectivity index (χ2v) is 9.46. The molecule has 0 saturated carbocycles. The standard InChI is InChI=1S/C25H22N6O2S/c1-18(19-8-4-2-5-9-19)28-24-15-26-16-25(29-24)31-17-27-22-14-20(12-13-23(22)31)30-34(32,33)21-10-6-3-7-11-21/h2-18,30H,1H3,(H,28,29)/t18-/m0/s1. The van der Waals surface area contributed by atoms with E-state index in [1.54, 1.807) is 67.3 Å². The Morgan fingerprint density at radius 3 is 2.41 bits per heavy atom. The van der Waals surface area contributed by atoms with Gasteiger partial charge in [0.25, 0.3) is 10.0 Å². The van der Waals surface area contributed by atoms with Gasteiger partial charge < -0.3 is 5.32 Å². The van der Waals surface area contributed by atoms with E-state index in [4.69, 9.17) is 4.98 Å². The predicted octanol–water partition coefficient (Wildman–Crippen LogP) is 4.79. The first kappa shape index (κ1) is 21.6. The summed E-state index contributed by atoms with van der Waals surface area (Å²) in [5.74, 6) is 1.24. The van der Waals surface area contributed by atoms with Crippen molar-refractivity contribution in [2.75, 3.05) is 10.0 Å². The van der Waals surface area contributed by atoms with Crippen LogP contribution in [0.2, 0.25) is 0 Å². The number of aromatic nitrogens is 4. The summed E-state index contributed by atoms with van der Waals surface area (Å²) in [6.07, 6.45) is 4.98. The molecule has 0 spiro atoms. The molecule has 0 saturated heterocycles. The first-order valence-electron chi connectivity index (χ1n) is 10.7. The van der Waals surface area contributed by atoms with E-state index >= 15 is 0 Å². The van der Waals surface area contributed by atoms with Gasteiger partial charge in [-0.15, -0.1) is 0 Å². The minimum atomic E-state index is -3.68. The van der Waals surface area contributed by atoms with Crippen LogP contribution in [-0.4, -0.2) is 27.9 Å². The normalized spacial score (nSPS) is 12.4. The van der Waals surface area contributed by atoms with Crippen LogP contribution >= 0.6 is 0 Å².